The molecule has 9 N–H and O–H groups in total. The normalized spacial score (nSPS) is 12.7. The first-order valence-corrected chi connectivity index (χ1v) is 13.0. The van der Waals surface area contributed by atoms with Gasteiger partial charge in [0.25, 0.3) is 0 Å². The van der Waals surface area contributed by atoms with Gasteiger partial charge in [-0.15, -0.1) is 0 Å². The number of aliphatic carboxylic acids is 2. The minimum absolute atomic E-state index is 0.0689. The molecule has 0 aliphatic carbocycles. The van der Waals surface area contributed by atoms with Crippen molar-refractivity contribution in [1.29, 1.82) is 0 Å². The van der Waals surface area contributed by atoms with Gasteiger partial charge in [-0.2, -0.15) is 0 Å². The number of phenols is 2. The van der Waals surface area contributed by atoms with E-state index in [4.69, 9.17) is 9.84 Å². The minimum Gasteiger partial charge on any atom is -0.508 e. The number of aromatic hydroxyl groups is 2. The molecule has 39 heavy (non-hydrogen) atoms. The highest BCUT2D eigenvalue weighted by molar-refractivity contribution is 5.77. The Hall–Kier alpha value is -3.26. The summed E-state index contributed by atoms with van der Waals surface area (Å²) in [5.41, 5.74) is 1.31. The van der Waals surface area contributed by atoms with Gasteiger partial charge >= 0.3 is 11.9 Å². The highest BCUT2D eigenvalue weighted by atomic mass is 16.5. The number of carboxylic acid groups (broad SMARTS) is 2. The lowest BCUT2D eigenvalue weighted by atomic mass is 10.0. The third kappa shape index (κ3) is 11.6. The van der Waals surface area contributed by atoms with Gasteiger partial charge in [0.1, 0.15) is 23.6 Å². The average molecular weight is 549 g/mol. The number of para-hydroxylation sites is 1. The van der Waals surface area contributed by atoms with Crippen molar-refractivity contribution in [2.24, 2.45) is 0 Å². The summed E-state index contributed by atoms with van der Waals surface area (Å²) in [5.74, 6) is -2.36. The second-order valence-electron chi connectivity index (χ2n) is 8.89. The number of carboxylic acids is 2. The topological polar surface area (TPSA) is 193 Å². The van der Waals surface area contributed by atoms with Gasteiger partial charge in [-0.3, -0.25) is 20.2 Å². The summed E-state index contributed by atoms with van der Waals surface area (Å²) >= 11 is 0. The van der Waals surface area contributed by atoms with E-state index in [0.29, 0.717) is 64.3 Å². The number of phenolic OH excluding ortho intramolecular Hbond substituents is 2. The number of hydrogen-bond acceptors (Lipinski definition) is 10. The summed E-state index contributed by atoms with van der Waals surface area (Å²) in [6, 6.07) is 9.01. The Morgan fingerprint density at radius 2 is 1.33 bits per heavy atom. The van der Waals surface area contributed by atoms with E-state index >= 15 is 0 Å². The SMILES string of the molecule is O=C(O)C(NCCNCCCO)c1cc(COCCCNCCNC(C(=O)O)c2ccccc2O)ccc1O. The summed E-state index contributed by atoms with van der Waals surface area (Å²) in [4.78, 5) is 23.3. The lowest BCUT2D eigenvalue weighted by Crippen LogP contribution is -2.34. The first kappa shape index (κ1) is 32.0. The number of benzene rings is 2. The van der Waals surface area contributed by atoms with E-state index < -0.39 is 24.0 Å². The molecule has 0 aliphatic rings. The molecular weight excluding hydrogens is 508 g/mol. The number of ether oxygens (including phenoxy) is 1. The van der Waals surface area contributed by atoms with E-state index in [1.807, 2.05) is 0 Å². The molecule has 0 radical (unpaired) electrons. The molecule has 2 aromatic carbocycles. The van der Waals surface area contributed by atoms with Crippen molar-refractivity contribution >= 4 is 11.9 Å². The van der Waals surface area contributed by atoms with Gasteiger partial charge in [-0.25, -0.2) is 0 Å². The Morgan fingerprint density at radius 3 is 1.95 bits per heavy atom. The van der Waals surface area contributed by atoms with Crippen LogP contribution in [0.5, 0.6) is 11.5 Å². The van der Waals surface area contributed by atoms with Crippen molar-refractivity contribution in [3.8, 4) is 11.5 Å². The van der Waals surface area contributed by atoms with Gasteiger partial charge in [-0.05, 0) is 49.7 Å². The van der Waals surface area contributed by atoms with Crippen LogP contribution in [0.4, 0.5) is 0 Å². The van der Waals surface area contributed by atoms with Gasteiger partial charge in [0.05, 0.1) is 6.61 Å². The van der Waals surface area contributed by atoms with Crippen LogP contribution >= 0.6 is 0 Å². The zero-order valence-corrected chi connectivity index (χ0v) is 21.9. The first-order chi connectivity index (χ1) is 18.8. The Labute approximate surface area is 228 Å². The van der Waals surface area contributed by atoms with Crippen LogP contribution in [0, 0.1) is 0 Å². The largest absolute Gasteiger partial charge is 0.508 e. The summed E-state index contributed by atoms with van der Waals surface area (Å²) < 4.78 is 5.70. The molecule has 12 heteroatoms. The molecule has 0 saturated carbocycles. The maximum atomic E-state index is 11.8. The van der Waals surface area contributed by atoms with Crippen LogP contribution in [-0.4, -0.2) is 90.0 Å². The Morgan fingerprint density at radius 1 is 0.744 bits per heavy atom. The lowest BCUT2D eigenvalue weighted by Gasteiger charge is -2.17. The second kappa shape index (κ2) is 18.1. The van der Waals surface area contributed by atoms with Crippen LogP contribution in [0.25, 0.3) is 0 Å². The van der Waals surface area contributed by atoms with Crippen LogP contribution in [0.2, 0.25) is 0 Å². The number of nitrogens with one attached hydrogen (secondary N) is 4. The Kier molecular flexibility index (Phi) is 14.8. The summed E-state index contributed by atoms with van der Waals surface area (Å²) in [7, 11) is 0. The van der Waals surface area contributed by atoms with Crippen molar-refractivity contribution in [3.05, 3.63) is 59.2 Å². The van der Waals surface area contributed by atoms with Crippen LogP contribution in [-0.2, 0) is 20.9 Å². The van der Waals surface area contributed by atoms with Crippen LogP contribution < -0.4 is 21.3 Å². The summed E-state index contributed by atoms with van der Waals surface area (Å²) in [6.07, 6.45) is 1.32. The second-order valence-corrected chi connectivity index (χ2v) is 8.89. The van der Waals surface area contributed by atoms with Crippen LogP contribution in [0.1, 0.15) is 41.6 Å². The van der Waals surface area contributed by atoms with E-state index in [0.717, 1.165) is 5.56 Å². The number of rotatable bonds is 21. The van der Waals surface area contributed by atoms with Crippen molar-refractivity contribution < 1.29 is 39.9 Å². The summed E-state index contributed by atoms with van der Waals surface area (Å²) in [5, 5.41) is 60.1. The highest BCUT2D eigenvalue weighted by Gasteiger charge is 2.23. The molecule has 0 aromatic heterocycles. The van der Waals surface area contributed by atoms with Gasteiger partial charge in [0, 0.05) is 50.5 Å². The smallest absolute Gasteiger partial charge is 0.325 e. The predicted molar refractivity (Wildman–Crippen MR) is 145 cm³/mol. The third-order valence-corrected chi connectivity index (χ3v) is 5.87. The Balaban J connectivity index is 1.68. The molecule has 0 bridgehead atoms. The van der Waals surface area contributed by atoms with Gasteiger partial charge in [-0.1, -0.05) is 24.3 Å². The van der Waals surface area contributed by atoms with Gasteiger partial charge < -0.3 is 40.9 Å². The van der Waals surface area contributed by atoms with Crippen molar-refractivity contribution in [1.82, 2.24) is 21.3 Å². The monoisotopic (exact) mass is 548 g/mol. The minimum atomic E-state index is -1.10. The van der Waals surface area contributed by atoms with E-state index in [9.17, 15) is 30.0 Å². The number of aliphatic hydroxyl groups is 1. The zero-order valence-electron chi connectivity index (χ0n) is 21.9. The molecular formula is C27H40N4O8. The van der Waals surface area contributed by atoms with Crippen molar-refractivity contribution in [2.75, 3.05) is 52.5 Å². The molecule has 0 saturated heterocycles. The molecule has 0 heterocycles. The quantitative estimate of drug-likeness (QED) is 0.0993. The molecule has 2 aromatic rings. The molecule has 216 valence electrons. The third-order valence-electron chi connectivity index (χ3n) is 5.87. The van der Waals surface area contributed by atoms with E-state index in [-0.39, 0.29) is 30.3 Å². The predicted octanol–water partition coefficient (Wildman–Crippen LogP) is 0.697. The molecule has 0 fully saturated rings. The fourth-order valence-corrected chi connectivity index (χ4v) is 3.87. The molecule has 0 spiro atoms. The first-order valence-electron chi connectivity index (χ1n) is 13.0. The number of carbonyl (C=O) groups is 2. The van der Waals surface area contributed by atoms with Crippen molar-refractivity contribution in [3.63, 3.8) is 0 Å². The van der Waals surface area contributed by atoms with Crippen molar-refractivity contribution in [2.45, 2.75) is 31.5 Å². The molecule has 2 atom stereocenters. The van der Waals surface area contributed by atoms with E-state index in [2.05, 4.69) is 21.3 Å². The molecule has 2 rings (SSSR count). The van der Waals surface area contributed by atoms with Gasteiger partial charge in [0.15, 0.2) is 0 Å². The molecule has 0 aliphatic heterocycles. The lowest BCUT2D eigenvalue weighted by molar-refractivity contribution is -0.140. The zero-order chi connectivity index (χ0) is 28.5. The van der Waals surface area contributed by atoms with E-state index in [1.165, 1.54) is 12.1 Å². The molecule has 2 unspecified atom stereocenters. The fraction of sp³-hybridized carbons (Fsp3) is 0.481. The highest BCUT2D eigenvalue weighted by Crippen LogP contribution is 2.26. The van der Waals surface area contributed by atoms with Gasteiger partial charge in [0.2, 0.25) is 0 Å². The maximum Gasteiger partial charge on any atom is 0.325 e. The fourth-order valence-electron chi connectivity index (χ4n) is 3.87. The van der Waals surface area contributed by atoms with E-state index in [1.54, 1.807) is 30.3 Å². The average Bonchev–Trinajstić information content (AvgIpc) is 2.91. The maximum absolute atomic E-state index is 11.8. The van der Waals surface area contributed by atoms with Crippen LogP contribution in [0.15, 0.2) is 42.5 Å². The summed E-state index contributed by atoms with van der Waals surface area (Å²) in [6.45, 7) is 3.88. The molecule has 12 nitrogen and oxygen atoms in total. The number of aliphatic hydroxyl groups excluding tert-OH is 1. The Bertz CT molecular complexity index is 1020. The number of hydrogen-bond donors (Lipinski definition) is 9. The molecule has 0 amide bonds. The van der Waals surface area contributed by atoms with Crippen LogP contribution in [0.3, 0.4) is 0 Å². The standard InChI is InChI=1S/C27H40N4O8/c32-15-3-9-28-11-14-31-25(27(37)38)21-17-19(7-8-23(21)34)18-39-16-4-10-29-12-13-30-24(26(35)36)20-5-1-2-6-22(20)33/h1-2,5-8,17,24-25,28-34H,3-4,9-16,18H2,(H,35,36)(H,37,38).